The van der Waals surface area contributed by atoms with E-state index in [0.29, 0.717) is 0 Å². The Morgan fingerprint density at radius 2 is 1.94 bits per heavy atom. The number of carbonyl (C=O) groups excluding carboxylic acids is 1. The highest BCUT2D eigenvalue weighted by atomic mass is 19.2. The van der Waals surface area contributed by atoms with Gasteiger partial charge in [-0.05, 0) is 25.7 Å². The van der Waals surface area contributed by atoms with Gasteiger partial charge in [0.2, 0.25) is 5.91 Å². The third-order valence-corrected chi connectivity index (χ3v) is 4.30. The van der Waals surface area contributed by atoms with Crippen molar-refractivity contribution >= 4 is 5.91 Å². The zero-order chi connectivity index (χ0) is 12.9. The first-order valence-corrected chi connectivity index (χ1v) is 6.04. The van der Waals surface area contributed by atoms with Gasteiger partial charge in [-0.1, -0.05) is 6.92 Å². The normalized spacial score (nSPS) is 50.0. The molecule has 2 bridgehead atoms. The highest BCUT2D eigenvalue weighted by Crippen LogP contribution is 2.58. The molecule has 2 aliphatic carbocycles. The van der Waals surface area contributed by atoms with Gasteiger partial charge in [-0.25, -0.2) is 13.2 Å². The monoisotopic (exact) mass is 249 g/mol. The van der Waals surface area contributed by atoms with Crippen LogP contribution in [0, 0.1) is 5.41 Å². The SMILES string of the molecule is CCC1(F)CC2(F)CC(F)CC(C(N)=O)(C1)C2. The lowest BCUT2D eigenvalue weighted by Crippen LogP contribution is -2.58. The number of hydrogen-bond donors (Lipinski definition) is 1. The summed E-state index contributed by atoms with van der Waals surface area (Å²) in [5.74, 6) is -0.767. The number of amides is 1. The number of carbonyl (C=O) groups is 1. The molecule has 0 aliphatic heterocycles. The second-order valence-corrected chi connectivity index (χ2v) is 5.84. The van der Waals surface area contributed by atoms with E-state index in [2.05, 4.69) is 0 Å². The minimum absolute atomic E-state index is 0.124. The summed E-state index contributed by atoms with van der Waals surface area (Å²) in [6.45, 7) is 1.62. The lowest BCUT2D eigenvalue weighted by Gasteiger charge is -2.52. The number of fused-ring (bicyclic) bond motifs is 2. The first kappa shape index (κ1) is 12.7. The molecule has 0 aromatic heterocycles. The molecule has 5 heteroatoms. The molecule has 0 spiro atoms. The van der Waals surface area contributed by atoms with E-state index < -0.39 is 28.8 Å². The fourth-order valence-electron chi connectivity index (χ4n) is 3.67. The minimum atomic E-state index is -1.92. The van der Waals surface area contributed by atoms with E-state index in [9.17, 15) is 18.0 Å². The summed E-state index contributed by atoms with van der Waals surface area (Å²) in [7, 11) is 0. The summed E-state index contributed by atoms with van der Waals surface area (Å²) in [5, 5.41) is 0. The molecule has 2 saturated carbocycles. The van der Waals surface area contributed by atoms with E-state index in [0.717, 1.165) is 0 Å². The topological polar surface area (TPSA) is 43.1 Å². The Bertz CT molecular complexity index is 351. The summed E-state index contributed by atoms with van der Waals surface area (Å²) in [6, 6.07) is 0. The highest BCUT2D eigenvalue weighted by Gasteiger charge is 2.61. The maximum Gasteiger partial charge on any atom is 0.223 e. The number of rotatable bonds is 2. The lowest BCUT2D eigenvalue weighted by atomic mass is 9.55. The van der Waals surface area contributed by atoms with E-state index in [4.69, 9.17) is 5.73 Å². The molecule has 0 heterocycles. The van der Waals surface area contributed by atoms with Crippen molar-refractivity contribution in [2.75, 3.05) is 0 Å². The summed E-state index contributed by atoms with van der Waals surface area (Å²) < 4.78 is 42.4. The number of primary amides is 1. The van der Waals surface area contributed by atoms with Gasteiger partial charge >= 0.3 is 0 Å². The van der Waals surface area contributed by atoms with Crippen molar-refractivity contribution in [2.45, 2.75) is 63.0 Å². The van der Waals surface area contributed by atoms with Gasteiger partial charge in [-0.2, -0.15) is 0 Å². The second-order valence-electron chi connectivity index (χ2n) is 5.84. The van der Waals surface area contributed by atoms with Crippen molar-refractivity contribution in [2.24, 2.45) is 11.1 Å². The minimum Gasteiger partial charge on any atom is -0.369 e. The number of hydrogen-bond acceptors (Lipinski definition) is 1. The summed E-state index contributed by atoms with van der Waals surface area (Å²) in [4.78, 5) is 11.5. The lowest BCUT2D eigenvalue weighted by molar-refractivity contribution is -0.157. The number of nitrogens with two attached hydrogens (primary N) is 1. The Hall–Kier alpha value is -0.740. The van der Waals surface area contributed by atoms with Crippen LogP contribution in [0.15, 0.2) is 0 Å². The average molecular weight is 249 g/mol. The summed E-state index contributed by atoms with van der Waals surface area (Å²) >= 11 is 0. The van der Waals surface area contributed by atoms with Gasteiger partial charge in [0.25, 0.3) is 0 Å². The fraction of sp³-hybridized carbons (Fsp3) is 0.917. The van der Waals surface area contributed by atoms with Crippen molar-refractivity contribution in [3.05, 3.63) is 0 Å². The first-order valence-electron chi connectivity index (χ1n) is 6.04. The van der Waals surface area contributed by atoms with Crippen molar-refractivity contribution in [3.8, 4) is 0 Å². The maximum atomic E-state index is 14.5. The quantitative estimate of drug-likeness (QED) is 0.803. The van der Waals surface area contributed by atoms with Crippen LogP contribution in [0.25, 0.3) is 0 Å². The van der Waals surface area contributed by atoms with Crippen LogP contribution in [-0.2, 0) is 4.79 Å². The third kappa shape index (κ3) is 2.04. The van der Waals surface area contributed by atoms with Crippen LogP contribution in [0.5, 0.6) is 0 Å². The zero-order valence-corrected chi connectivity index (χ0v) is 9.94. The van der Waals surface area contributed by atoms with Gasteiger partial charge in [0.1, 0.15) is 17.5 Å². The van der Waals surface area contributed by atoms with Gasteiger partial charge in [0.15, 0.2) is 0 Å². The van der Waals surface area contributed by atoms with Gasteiger partial charge in [0, 0.05) is 12.8 Å². The molecular formula is C12H18F3NO. The predicted octanol–water partition coefficient (Wildman–Crippen LogP) is 2.60. The van der Waals surface area contributed by atoms with Crippen LogP contribution in [0.4, 0.5) is 13.2 Å². The molecule has 2 aliphatic rings. The molecule has 4 atom stereocenters. The van der Waals surface area contributed by atoms with Crippen LogP contribution in [0.1, 0.15) is 45.4 Å². The molecule has 1 amide bonds. The van der Waals surface area contributed by atoms with E-state index in [1.807, 2.05) is 0 Å². The summed E-state index contributed by atoms with van der Waals surface area (Å²) in [6.07, 6.45) is -2.30. The molecule has 0 aromatic rings. The van der Waals surface area contributed by atoms with Gasteiger partial charge in [0.05, 0.1) is 5.41 Å². The fourth-order valence-corrected chi connectivity index (χ4v) is 3.67. The highest BCUT2D eigenvalue weighted by molar-refractivity contribution is 5.81. The molecular weight excluding hydrogens is 231 g/mol. The first-order chi connectivity index (χ1) is 7.73. The van der Waals surface area contributed by atoms with Crippen LogP contribution in [-0.4, -0.2) is 23.4 Å². The molecule has 2 fully saturated rings. The van der Waals surface area contributed by atoms with E-state index >= 15 is 0 Å². The largest absolute Gasteiger partial charge is 0.369 e. The van der Waals surface area contributed by atoms with Gasteiger partial charge < -0.3 is 5.73 Å². The Labute approximate surface area is 98.7 Å². The Morgan fingerprint density at radius 3 is 2.47 bits per heavy atom. The molecule has 17 heavy (non-hydrogen) atoms. The number of alkyl halides is 3. The predicted molar refractivity (Wildman–Crippen MR) is 57.6 cm³/mol. The molecule has 0 radical (unpaired) electrons. The maximum absolute atomic E-state index is 14.5. The molecule has 0 saturated heterocycles. The van der Waals surface area contributed by atoms with Crippen LogP contribution in [0.3, 0.4) is 0 Å². The third-order valence-electron chi connectivity index (χ3n) is 4.30. The molecule has 98 valence electrons. The van der Waals surface area contributed by atoms with Crippen molar-refractivity contribution in [1.82, 2.24) is 0 Å². The van der Waals surface area contributed by atoms with Crippen LogP contribution >= 0.6 is 0 Å². The molecule has 4 unspecified atom stereocenters. The van der Waals surface area contributed by atoms with Gasteiger partial charge in [-0.3, -0.25) is 4.79 Å². The Balaban J connectivity index is 2.39. The van der Waals surface area contributed by atoms with Gasteiger partial charge in [-0.15, -0.1) is 0 Å². The molecule has 2 nitrogen and oxygen atoms in total. The van der Waals surface area contributed by atoms with Crippen LogP contribution in [0.2, 0.25) is 0 Å². The number of halogens is 3. The van der Waals surface area contributed by atoms with Crippen LogP contribution < -0.4 is 5.73 Å². The second kappa shape index (κ2) is 3.62. The van der Waals surface area contributed by atoms with E-state index in [-0.39, 0.29) is 38.5 Å². The summed E-state index contributed by atoms with van der Waals surface area (Å²) in [5.41, 5.74) is 0.274. The standard InChI is InChI=1S/C12H18F3NO/c1-2-11(14)5-10(9(16)17)3-8(13)4-12(15,6-10)7-11/h8H,2-7H2,1H3,(H2,16,17). The smallest absolute Gasteiger partial charge is 0.223 e. The average Bonchev–Trinajstić information content (AvgIpc) is 2.13. The zero-order valence-electron chi connectivity index (χ0n) is 9.94. The molecule has 0 aromatic carbocycles. The Morgan fingerprint density at radius 1 is 1.29 bits per heavy atom. The Kier molecular flexibility index (Phi) is 2.71. The van der Waals surface area contributed by atoms with Crippen molar-refractivity contribution in [1.29, 1.82) is 0 Å². The molecule has 2 rings (SSSR count). The molecule has 2 N–H and O–H groups in total. The van der Waals surface area contributed by atoms with Crippen molar-refractivity contribution < 1.29 is 18.0 Å². The van der Waals surface area contributed by atoms with E-state index in [1.54, 1.807) is 6.92 Å². The van der Waals surface area contributed by atoms with Crippen molar-refractivity contribution in [3.63, 3.8) is 0 Å². The van der Waals surface area contributed by atoms with E-state index in [1.165, 1.54) is 0 Å².